The van der Waals surface area contributed by atoms with Crippen molar-refractivity contribution >= 4 is 10.8 Å². The Balaban J connectivity index is 0.954. The van der Waals surface area contributed by atoms with Crippen LogP contribution < -0.4 is 0 Å². The molecule has 0 saturated heterocycles. The standard InChI is InChI=1S/C54H42N4/c55-34-35-14-16-39(17-15-35)46-26-27-47(49-12-6-5-11-48(46)49)40-18-20-43(21-19-40)52-56-51(42-8-2-1-3-9-42)57-53(58-52)50-13-7-4-10-45(50)41-22-24-44(25-23-41)54-31-36-28-37(32-54)30-38(29-36)33-54/h1-27,36-38H,28-33H2. The predicted molar refractivity (Wildman–Crippen MR) is 235 cm³/mol. The van der Waals surface area contributed by atoms with Crippen molar-refractivity contribution in [2.24, 2.45) is 17.8 Å². The molecule has 4 saturated carbocycles. The average Bonchev–Trinajstić information content (AvgIpc) is 3.28. The Labute approximate surface area is 340 Å². The minimum Gasteiger partial charge on any atom is -0.208 e. The van der Waals surface area contributed by atoms with E-state index in [9.17, 15) is 5.26 Å². The fourth-order valence-electron chi connectivity index (χ4n) is 11.1. The van der Waals surface area contributed by atoms with Crippen LogP contribution in [0.2, 0.25) is 0 Å². The van der Waals surface area contributed by atoms with Gasteiger partial charge in [0.15, 0.2) is 17.5 Å². The van der Waals surface area contributed by atoms with Gasteiger partial charge in [0.1, 0.15) is 0 Å². The van der Waals surface area contributed by atoms with Gasteiger partial charge in [-0.3, -0.25) is 0 Å². The molecule has 4 aliphatic carbocycles. The summed E-state index contributed by atoms with van der Waals surface area (Å²) < 4.78 is 0. The third-order valence-corrected chi connectivity index (χ3v) is 13.4. The van der Waals surface area contributed by atoms with E-state index in [2.05, 4.69) is 127 Å². The number of rotatable bonds is 7. The van der Waals surface area contributed by atoms with Crippen molar-refractivity contribution in [3.8, 4) is 73.6 Å². The van der Waals surface area contributed by atoms with E-state index < -0.39 is 0 Å². The van der Waals surface area contributed by atoms with Gasteiger partial charge in [0.2, 0.25) is 0 Å². The molecule has 1 heterocycles. The molecule has 0 atom stereocenters. The van der Waals surface area contributed by atoms with Gasteiger partial charge in [-0.05, 0) is 124 Å². The molecule has 12 rings (SSSR count). The van der Waals surface area contributed by atoms with E-state index in [0.29, 0.717) is 28.5 Å². The molecule has 0 unspecified atom stereocenters. The maximum Gasteiger partial charge on any atom is 0.164 e. The van der Waals surface area contributed by atoms with Gasteiger partial charge in [0.25, 0.3) is 0 Å². The van der Waals surface area contributed by atoms with Crippen molar-refractivity contribution in [3.05, 3.63) is 175 Å². The van der Waals surface area contributed by atoms with Crippen LogP contribution >= 0.6 is 0 Å². The fraction of sp³-hybridized carbons (Fsp3) is 0.185. The molecule has 4 fully saturated rings. The van der Waals surface area contributed by atoms with E-state index in [0.717, 1.165) is 62.3 Å². The summed E-state index contributed by atoms with van der Waals surface area (Å²) in [5.74, 6) is 4.73. The summed E-state index contributed by atoms with van der Waals surface area (Å²) in [6, 6.07) is 59.9. The molecule has 0 radical (unpaired) electrons. The second-order valence-electron chi connectivity index (χ2n) is 17.0. The first kappa shape index (κ1) is 34.5. The van der Waals surface area contributed by atoms with Crippen LogP contribution in [0.3, 0.4) is 0 Å². The molecule has 0 N–H and O–H groups in total. The van der Waals surface area contributed by atoms with E-state index in [1.54, 1.807) is 5.56 Å². The Hall–Kier alpha value is -6.70. The maximum absolute atomic E-state index is 9.32. The lowest BCUT2D eigenvalue weighted by Gasteiger charge is -2.57. The summed E-state index contributed by atoms with van der Waals surface area (Å²) in [5.41, 5.74) is 12.3. The van der Waals surface area contributed by atoms with Crippen LogP contribution in [0.4, 0.5) is 0 Å². The molecule has 7 aromatic carbocycles. The van der Waals surface area contributed by atoms with Crippen LogP contribution in [0.1, 0.15) is 49.7 Å². The number of nitrogens with zero attached hydrogens (tertiary/aromatic N) is 4. The molecule has 278 valence electrons. The van der Waals surface area contributed by atoms with Gasteiger partial charge in [-0.2, -0.15) is 5.26 Å². The molecular weight excluding hydrogens is 705 g/mol. The quantitative estimate of drug-likeness (QED) is 0.163. The van der Waals surface area contributed by atoms with E-state index in [-0.39, 0.29) is 0 Å². The van der Waals surface area contributed by atoms with E-state index in [4.69, 9.17) is 15.0 Å². The third kappa shape index (κ3) is 6.10. The molecule has 58 heavy (non-hydrogen) atoms. The van der Waals surface area contributed by atoms with Crippen molar-refractivity contribution in [3.63, 3.8) is 0 Å². The van der Waals surface area contributed by atoms with Crippen LogP contribution in [0.15, 0.2) is 164 Å². The predicted octanol–water partition coefficient (Wildman–Crippen LogP) is 13.4. The molecule has 0 amide bonds. The van der Waals surface area contributed by atoms with Gasteiger partial charge >= 0.3 is 0 Å². The summed E-state index contributed by atoms with van der Waals surface area (Å²) in [6.45, 7) is 0. The topological polar surface area (TPSA) is 62.5 Å². The van der Waals surface area contributed by atoms with E-state index in [1.807, 2.05) is 42.5 Å². The van der Waals surface area contributed by atoms with Gasteiger partial charge in [0.05, 0.1) is 11.6 Å². The number of hydrogen-bond acceptors (Lipinski definition) is 4. The lowest BCUT2D eigenvalue weighted by molar-refractivity contribution is -0.00518. The highest BCUT2D eigenvalue weighted by molar-refractivity contribution is 6.05. The van der Waals surface area contributed by atoms with E-state index in [1.165, 1.54) is 54.9 Å². The van der Waals surface area contributed by atoms with Gasteiger partial charge in [0, 0.05) is 16.7 Å². The third-order valence-electron chi connectivity index (χ3n) is 13.4. The molecule has 4 nitrogen and oxygen atoms in total. The number of fused-ring (bicyclic) bond motifs is 1. The highest BCUT2D eigenvalue weighted by Gasteiger charge is 2.51. The Kier molecular flexibility index (Phi) is 8.36. The van der Waals surface area contributed by atoms with Crippen LogP contribution in [0, 0.1) is 29.1 Å². The normalized spacial score (nSPS) is 20.6. The minimum absolute atomic E-state index is 0.374. The largest absolute Gasteiger partial charge is 0.208 e. The number of aromatic nitrogens is 3. The highest BCUT2D eigenvalue weighted by Crippen LogP contribution is 2.60. The number of hydrogen-bond donors (Lipinski definition) is 0. The zero-order valence-corrected chi connectivity index (χ0v) is 32.4. The van der Waals surface area contributed by atoms with Crippen LogP contribution in [-0.4, -0.2) is 15.0 Å². The Morgan fingerprint density at radius 1 is 0.397 bits per heavy atom. The molecule has 4 aliphatic rings. The van der Waals surface area contributed by atoms with Crippen molar-refractivity contribution in [2.45, 2.75) is 43.9 Å². The SMILES string of the molecule is N#Cc1ccc(-c2ccc(-c3ccc(-c4nc(-c5ccccc5)nc(-c5ccccc5-c5ccc(C67CC8CC(CC(C8)C6)C7)cc5)n4)cc3)c3ccccc23)cc1. The first-order valence-corrected chi connectivity index (χ1v) is 20.7. The summed E-state index contributed by atoms with van der Waals surface area (Å²) in [4.78, 5) is 15.4. The van der Waals surface area contributed by atoms with Gasteiger partial charge in [-0.1, -0.05) is 152 Å². The van der Waals surface area contributed by atoms with Crippen molar-refractivity contribution < 1.29 is 0 Å². The molecule has 8 aromatic rings. The Morgan fingerprint density at radius 2 is 0.828 bits per heavy atom. The Morgan fingerprint density at radius 3 is 1.40 bits per heavy atom. The average molecular weight is 747 g/mol. The second kappa shape index (κ2) is 14.0. The van der Waals surface area contributed by atoms with E-state index >= 15 is 0 Å². The molecule has 4 heteroatoms. The summed E-state index contributed by atoms with van der Waals surface area (Å²) in [6.07, 6.45) is 8.49. The van der Waals surface area contributed by atoms with Crippen LogP contribution in [0.25, 0.3) is 78.3 Å². The molecular formula is C54H42N4. The fourth-order valence-corrected chi connectivity index (χ4v) is 11.1. The molecule has 1 aromatic heterocycles. The monoisotopic (exact) mass is 746 g/mol. The van der Waals surface area contributed by atoms with Crippen LogP contribution in [0.5, 0.6) is 0 Å². The minimum atomic E-state index is 0.374. The maximum atomic E-state index is 9.32. The molecule has 4 bridgehead atoms. The number of benzene rings is 7. The second-order valence-corrected chi connectivity index (χ2v) is 17.0. The van der Waals surface area contributed by atoms with Gasteiger partial charge in [-0.25, -0.2) is 15.0 Å². The van der Waals surface area contributed by atoms with Gasteiger partial charge in [-0.15, -0.1) is 0 Å². The lowest BCUT2D eigenvalue weighted by atomic mass is 9.48. The Bertz CT molecular complexity index is 2820. The van der Waals surface area contributed by atoms with Crippen molar-refractivity contribution in [1.82, 2.24) is 15.0 Å². The van der Waals surface area contributed by atoms with Crippen molar-refractivity contribution in [2.75, 3.05) is 0 Å². The highest BCUT2D eigenvalue weighted by atomic mass is 15.0. The molecule has 0 spiro atoms. The van der Waals surface area contributed by atoms with Crippen LogP contribution in [-0.2, 0) is 5.41 Å². The zero-order chi connectivity index (χ0) is 38.6. The first-order chi connectivity index (χ1) is 28.6. The summed E-state index contributed by atoms with van der Waals surface area (Å²) in [7, 11) is 0. The first-order valence-electron chi connectivity index (χ1n) is 20.7. The van der Waals surface area contributed by atoms with Crippen molar-refractivity contribution in [1.29, 1.82) is 5.26 Å². The summed E-state index contributed by atoms with van der Waals surface area (Å²) >= 11 is 0. The lowest BCUT2D eigenvalue weighted by Crippen LogP contribution is -2.48. The smallest absolute Gasteiger partial charge is 0.164 e. The molecule has 0 aliphatic heterocycles. The zero-order valence-electron chi connectivity index (χ0n) is 32.4. The number of nitriles is 1. The summed E-state index contributed by atoms with van der Waals surface area (Å²) in [5, 5.41) is 11.7. The van der Waals surface area contributed by atoms with Gasteiger partial charge < -0.3 is 0 Å².